The van der Waals surface area contributed by atoms with Gasteiger partial charge in [0.15, 0.2) is 11.5 Å². The summed E-state index contributed by atoms with van der Waals surface area (Å²) in [5.74, 6) is 0.0706. The summed E-state index contributed by atoms with van der Waals surface area (Å²) < 4.78 is 5.50. The maximum atomic E-state index is 12.4. The number of aromatic hydroxyl groups is 1. The fourth-order valence-electron chi connectivity index (χ4n) is 3.56. The quantitative estimate of drug-likeness (QED) is 0.679. The van der Waals surface area contributed by atoms with Crippen molar-refractivity contribution in [1.82, 2.24) is 0 Å². The van der Waals surface area contributed by atoms with Crippen LogP contribution in [0, 0.1) is 0 Å². The first-order chi connectivity index (χ1) is 12.6. The van der Waals surface area contributed by atoms with Gasteiger partial charge in [-0.3, -0.25) is 4.79 Å². The number of ether oxygens (including phenoxy) is 1. The summed E-state index contributed by atoms with van der Waals surface area (Å²) in [6.07, 6.45) is 0.317. The number of fused-ring (bicyclic) bond motifs is 3. The third-order valence-electron chi connectivity index (χ3n) is 4.74. The third-order valence-corrected chi connectivity index (χ3v) is 5.03. The van der Waals surface area contributed by atoms with Crippen molar-refractivity contribution in [1.29, 1.82) is 0 Å². The van der Waals surface area contributed by atoms with Crippen molar-refractivity contribution in [2.24, 2.45) is 0 Å². The van der Waals surface area contributed by atoms with Crippen LogP contribution in [0.4, 0.5) is 5.69 Å². The number of carbonyl (C=O) groups is 1. The Hall–Kier alpha value is -2.72. The zero-order valence-corrected chi connectivity index (χ0v) is 15.0. The predicted octanol–water partition coefficient (Wildman–Crippen LogP) is 5.07. The number of anilines is 1. The Morgan fingerprint density at radius 2 is 2.04 bits per heavy atom. The van der Waals surface area contributed by atoms with Crippen molar-refractivity contribution in [2.45, 2.75) is 19.3 Å². The van der Waals surface area contributed by atoms with Crippen LogP contribution < -0.4 is 10.1 Å². The van der Waals surface area contributed by atoms with Crippen LogP contribution in [0.3, 0.4) is 0 Å². The number of hydrogen-bond donors (Lipinski definition) is 2. The highest BCUT2D eigenvalue weighted by Crippen LogP contribution is 2.44. The minimum atomic E-state index is -0.152. The van der Waals surface area contributed by atoms with Gasteiger partial charge in [-0.25, -0.2) is 0 Å². The molecule has 3 aromatic carbocycles. The second-order valence-corrected chi connectivity index (χ2v) is 6.75. The van der Waals surface area contributed by atoms with Crippen molar-refractivity contribution < 1.29 is 14.6 Å². The van der Waals surface area contributed by atoms with Gasteiger partial charge in [-0.05, 0) is 35.6 Å². The smallest absolute Gasteiger partial charge is 0.225 e. The molecule has 0 unspecified atom stereocenters. The number of phenolic OH excluding ortho intramolecular Hbond substituents is 1. The van der Waals surface area contributed by atoms with Gasteiger partial charge in [0.05, 0.1) is 17.3 Å². The zero-order valence-electron chi connectivity index (χ0n) is 14.3. The first-order valence-corrected chi connectivity index (χ1v) is 8.93. The average molecular weight is 368 g/mol. The summed E-state index contributed by atoms with van der Waals surface area (Å²) >= 11 is 6.20. The van der Waals surface area contributed by atoms with E-state index in [9.17, 15) is 9.90 Å². The van der Waals surface area contributed by atoms with Crippen LogP contribution in [-0.2, 0) is 4.79 Å². The summed E-state index contributed by atoms with van der Waals surface area (Å²) in [5, 5.41) is 15.4. The first-order valence-electron chi connectivity index (χ1n) is 8.55. The Bertz CT molecular complexity index is 1020. The largest absolute Gasteiger partial charge is 0.503 e. The third kappa shape index (κ3) is 2.76. The van der Waals surface area contributed by atoms with E-state index in [2.05, 4.69) is 11.4 Å². The maximum absolute atomic E-state index is 12.4. The molecule has 0 aliphatic carbocycles. The summed E-state index contributed by atoms with van der Waals surface area (Å²) in [6.45, 7) is 2.26. The number of benzene rings is 3. The topological polar surface area (TPSA) is 58.6 Å². The van der Waals surface area contributed by atoms with E-state index < -0.39 is 0 Å². The van der Waals surface area contributed by atoms with E-state index in [1.807, 2.05) is 37.3 Å². The van der Waals surface area contributed by atoms with Gasteiger partial charge < -0.3 is 15.2 Å². The summed E-state index contributed by atoms with van der Waals surface area (Å²) in [6, 6.07) is 15.6. The van der Waals surface area contributed by atoms with E-state index in [1.54, 1.807) is 12.1 Å². The lowest BCUT2D eigenvalue weighted by molar-refractivity contribution is -0.116. The molecule has 1 aliphatic heterocycles. The van der Waals surface area contributed by atoms with E-state index in [-0.39, 0.29) is 22.6 Å². The molecule has 0 spiro atoms. The van der Waals surface area contributed by atoms with E-state index in [0.29, 0.717) is 18.8 Å². The second-order valence-electron chi connectivity index (χ2n) is 6.34. The van der Waals surface area contributed by atoms with Crippen LogP contribution in [0.15, 0.2) is 48.5 Å². The van der Waals surface area contributed by atoms with Gasteiger partial charge in [0.25, 0.3) is 0 Å². The van der Waals surface area contributed by atoms with Gasteiger partial charge in [0.2, 0.25) is 5.91 Å². The van der Waals surface area contributed by atoms with Gasteiger partial charge in [-0.2, -0.15) is 0 Å². The second kappa shape index (κ2) is 6.54. The highest BCUT2D eigenvalue weighted by molar-refractivity contribution is 6.32. The number of carbonyl (C=O) groups excluding carboxylic acids is 1. The molecule has 4 rings (SSSR count). The van der Waals surface area contributed by atoms with E-state index in [1.165, 1.54) is 0 Å². The molecule has 1 heterocycles. The fraction of sp³-hybridized carbons (Fsp3) is 0.190. The van der Waals surface area contributed by atoms with E-state index in [0.717, 1.165) is 27.6 Å². The van der Waals surface area contributed by atoms with Crippen molar-refractivity contribution in [3.63, 3.8) is 0 Å². The molecule has 0 fully saturated rings. The van der Waals surface area contributed by atoms with Crippen molar-refractivity contribution in [3.05, 3.63) is 64.7 Å². The number of phenols is 1. The maximum Gasteiger partial charge on any atom is 0.225 e. The molecule has 1 atom stereocenters. The van der Waals surface area contributed by atoms with E-state index >= 15 is 0 Å². The first kappa shape index (κ1) is 16.7. The Morgan fingerprint density at radius 3 is 2.85 bits per heavy atom. The fourth-order valence-corrected chi connectivity index (χ4v) is 3.78. The molecule has 0 radical (unpaired) electrons. The van der Waals surface area contributed by atoms with Gasteiger partial charge in [-0.15, -0.1) is 0 Å². The van der Waals surface area contributed by atoms with Crippen LogP contribution in [-0.4, -0.2) is 17.6 Å². The monoisotopic (exact) mass is 367 g/mol. The number of halogens is 1. The van der Waals surface area contributed by atoms with Crippen molar-refractivity contribution in [2.75, 3.05) is 11.9 Å². The highest BCUT2D eigenvalue weighted by atomic mass is 35.5. The number of nitrogens with one attached hydrogen (secondary N) is 1. The lowest BCUT2D eigenvalue weighted by Gasteiger charge is -2.28. The van der Waals surface area contributed by atoms with Crippen LogP contribution in [0.1, 0.15) is 30.4 Å². The molecule has 5 heteroatoms. The van der Waals surface area contributed by atoms with Gasteiger partial charge >= 0.3 is 0 Å². The minimum Gasteiger partial charge on any atom is -0.503 e. The standard InChI is InChI=1S/C21H18ClNO3/c1-2-26-18-10-13(9-17(22)21(18)25)16-11-19(24)23-20-14-6-4-3-5-12(14)7-8-15(16)20/h3-10,16,25H,2,11H2,1H3,(H,23,24)/t16-/m1/s1. The summed E-state index contributed by atoms with van der Waals surface area (Å²) in [5.41, 5.74) is 2.72. The molecular formula is C21H18ClNO3. The molecular weight excluding hydrogens is 350 g/mol. The molecule has 0 bridgehead atoms. The molecule has 4 nitrogen and oxygen atoms in total. The van der Waals surface area contributed by atoms with Crippen LogP contribution in [0.25, 0.3) is 10.8 Å². The predicted molar refractivity (Wildman–Crippen MR) is 103 cm³/mol. The highest BCUT2D eigenvalue weighted by Gasteiger charge is 2.29. The van der Waals surface area contributed by atoms with Crippen molar-refractivity contribution >= 4 is 34.0 Å². The molecule has 1 aliphatic rings. The molecule has 0 saturated heterocycles. The number of hydrogen-bond acceptors (Lipinski definition) is 3. The SMILES string of the molecule is CCOc1cc([C@H]2CC(=O)Nc3c2ccc2ccccc32)cc(Cl)c1O. The minimum absolute atomic E-state index is 0.0407. The van der Waals surface area contributed by atoms with Gasteiger partial charge in [0, 0.05) is 17.7 Å². The molecule has 132 valence electrons. The molecule has 2 N–H and O–H groups in total. The Balaban J connectivity index is 1.89. The molecule has 0 saturated carbocycles. The molecule has 1 amide bonds. The Labute approximate surface area is 156 Å². The number of amides is 1. The molecule has 3 aromatic rings. The molecule has 0 aromatic heterocycles. The Kier molecular flexibility index (Phi) is 4.21. The van der Waals surface area contributed by atoms with Gasteiger partial charge in [-0.1, -0.05) is 48.0 Å². The van der Waals surface area contributed by atoms with Crippen molar-refractivity contribution in [3.8, 4) is 11.5 Å². The van der Waals surface area contributed by atoms with Gasteiger partial charge in [0.1, 0.15) is 0 Å². The zero-order chi connectivity index (χ0) is 18.3. The normalized spacial score (nSPS) is 16.2. The van der Waals surface area contributed by atoms with Crippen LogP contribution in [0.5, 0.6) is 11.5 Å². The van der Waals surface area contributed by atoms with E-state index in [4.69, 9.17) is 16.3 Å². The molecule has 26 heavy (non-hydrogen) atoms. The number of rotatable bonds is 3. The average Bonchev–Trinajstić information content (AvgIpc) is 2.64. The Morgan fingerprint density at radius 1 is 1.23 bits per heavy atom. The van der Waals surface area contributed by atoms with Crippen LogP contribution >= 0.6 is 11.6 Å². The summed E-state index contributed by atoms with van der Waals surface area (Å²) in [4.78, 5) is 12.4. The lowest BCUT2D eigenvalue weighted by atomic mass is 9.83. The lowest BCUT2D eigenvalue weighted by Crippen LogP contribution is -2.23. The van der Waals surface area contributed by atoms with Crippen LogP contribution in [0.2, 0.25) is 5.02 Å². The summed E-state index contributed by atoms with van der Waals surface area (Å²) in [7, 11) is 0.